The van der Waals surface area contributed by atoms with Crippen molar-refractivity contribution < 1.29 is 14.4 Å². The molecule has 0 saturated heterocycles. The number of fused-ring (bicyclic) bond motifs is 3. The lowest BCUT2D eigenvalue weighted by molar-refractivity contribution is 0.160. The Balaban J connectivity index is 1.65. The average Bonchev–Trinajstić information content (AvgIpc) is 3.46. The highest BCUT2D eigenvalue weighted by molar-refractivity contribution is 9.10. The first-order valence-corrected chi connectivity index (χ1v) is 12.5. The highest BCUT2D eigenvalue weighted by Crippen LogP contribution is 2.44. The fourth-order valence-corrected chi connectivity index (χ4v) is 5.54. The molecule has 3 aromatic heterocycles. The number of benzene rings is 1. The molecule has 4 aromatic rings. The van der Waals surface area contributed by atoms with Gasteiger partial charge in [-0.1, -0.05) is 22.6 Å². The van der Waals surface area contributed by atoms with E-state index in [2.05, 4.69) is 36.4 Å². The van der Waals surface area contributed by atoms with Crippen LogP contribution in [-0.2, 0) is 22.4 Å². The number of nitrogens with zero attached hydrogens (tertiary/aromatic N) is 5. The van der Waals surface area contributed by atoms with E-state index in [0.717, 1.165) is 61.7 Å². The van der Waals surface area contributed by atoms with Crippen molar-refractivity contribution in [2.24, 2.45) is 5.16 Å². The molecule has 1 aliphatic rings. The summed E-state index contributed by atoms with van der Waals surface area (Å²) < 4.78 is 7.53. The molecule has 0 fully saturated rings. The summed E-state index contributed by atoms with van der Waals surface area (Å²) in [6.07, 6.45) is 6.20. The third kappa shape index (κ3) is 4.56. The van der Waals surface area contributed by atoms with Gasteiger partial charge < -0.3 is 9.57 Å². The number of nitrogens with one attached hydrogen (secondary N) is 1. The van der Waals surface area contributed by atoms with Gasteiger partial charge in [-0.3, -0.25) is 10.3 Å². The summed E-state index contributed by atoms with van der Waals surface area (Å²) in [5, 5.41) is 12.2. The summed E-state index contributed by atoms with van der Waals surface area (Å²) >= 11 is 5.12. The number of ether oxygens (including phenoxy) is 1. The summed E-state index contributed by atoms with van der Waals surface area (Å²) in [4.78, 5) is 26.8. The van der Waals surface area contributed by atoms with Crippen molar-refractivity contribution in [3.8, 4) is 27.5 Å². The molecule has 1 aliphatic carbocycles. The Morgan fingerprint density at radius 1 is 1.34 bits per heavy atom. The molecule has 1 amide bonds. The lowest BCUT2D eigenvalue weighted by atomic mass is 9.95. The van der Waals surface area contributed by atoms with Crippen molar-refractivity contribution in [2.75, 3.05) is 19.0 Å². The summed E-state index contributed by atoms with van der Waals surface area (Å²) in [7, 11) is 1.33. The van der Waals surface area contributed by atoms with Crippen LogP contribution in [0.3, 0.4) is 0 Å². The van der Waals surface area contributed by atoms with Crippen LogP contribution in [0.5, 0.6) is 0 Å². The summed E-state index contributed by atoms with van der Waals surface area (Å²) in [6, 6.07) is 9.83. The molecular weight excluding hydrogens is 532 g/mol. The predicted octanol–water partition coefficient (Wildman–Crippen LogP) is 5.47. The minimum absolute atomic E-state index is 0.493. The van der Waals surface area contributed by atoms with Crippen LogP contribution in [0.25, 0.3) is 27.5 Å². The smallest absolute Gasteiger partial charge is 0.413 e. The van der Waals surface area contributed by atoms with Crippen LogP contribution in [0.1, 0.15) is 23.7 Å². The normalized spacial score (nSPS) is 12.3. The van der Waals surface area contributed by atoms with Crippen LogP contribution in [-0.4, -0.2) is 45.8 Å². The standard InChI is InChI=1S/C24H21BrN6O3S/c1-3-34-27-12-14-6-9-19(17(25)11-14)31-21-16(20(30-31)15-5-4-10-26-13-15)7-8-18-22(21)35-23(28-18)29-24(32)33-2/h4-6,9-13H,3,7-8H2,1-2H3,(H,28,29,32). The predicted molar refractivity (Wildman–Crippen MR) is 138 cm³/mol. The van der Waals surface area contributed by atoms with E-state index in [1.807, 2.05) is 48.1 Å². The zero-order valence-corrected chi connectivity index (χ0v) is 21.4. The number of aryl methyl sites for hydroxylation is 1. The first-order chi connectivity index (χ1) is 17.1. The Kier molecular flexibility index (Phi) is 6.60. The van der Waals surface area contributed by atoms with Gasteiger partial charge in [-0.2, -0.15) is 5.10 Å². The zero-order chi connectivity index (χ0) is 24.4. The van der Waals surface area contributed by atoms with Crippen LogP contribution in [0, 0.1) is 0 Å². The van der Waals surface area contributed by atoms with E-state index in [9.17, 15) is 4.79 Å². The topological polar surface area (TPSA) is 104 Å². The van der Waals surface area contributed by atoms with Crippen LogP contribution in [0.2, 0.25) is 0 Å². The molecular formula is C24H21BrN6O3S. The summed E-state index contributed by atoms with van der Waals surface area (Å²) in [5.74, 6) is 0. The van der Waals surface area contributed by atoms with Gasteiger partial charge in [-0.15, -0.1) is 0 Å². The van der Waals surface area contributed by atoms with Gasteiger partial charge in [0, 0.05) is 28.0 Å². The monoisotopic (exact) mass is 552 g/mol. The highest BCUT2D eigenvalue weighted by atomic mass is 79.9. The van der Waals surface area contributed by atoms with Gasteiger partial charge in [-0.25, -0.2) is 14.5 Å². The summed E-state index contributed by atoms with van der Waals surface area (Å²) in [5.41, 5.74) is 6.58. The molecule has 0 spiro atoms. The minimum Gasteiger partial charge on any atom is -0.453 e. The van der Waals surface area contributed by atoms with Gasteiger partial charge in [0.15, 0.2) is 5.13 Å². The molecule has 0 saturated carbocycles. The molecule has 0 unspecified atom stereocenters. The number of thiazole rings is 1. The Hall–Kier alpha value is -3.57. The molecule has 1 N–H and O–H groups in total. The maximum absolute atomic E-state index is 11.8. The SMILES string of the molecule is CCON=Cc1ccc(-n2nc(-c3cccnc3)c3c2-c2sc(NC(=O)OC)nc2CC3)c(Br)c1. The first-order valence-electron chi connectivity index (χ1n) is 10.9. The van der Waals surface area contributed by atoms with Crippen molar-refractivity contribution in [3.05, 3.63) is 64.0 Å². The minimum atomic E-state index is -0.548. The van der Waals surface area contributed by atoms with E-state index < -0.39 is 6.09 Å². The lowest BCUT2D eigenvalue weighted by Gasteiger charge is -2.15. The number of hydrogen-bond acceptors (Lipinski definition) is 8. The molecule has 0 aliphatic heterocycles. The number of halogens is 1. The van der Waals surface area contributed by atoms with Gasteiger partial charge in [0.25, 0.3) is 0 Å². The molecule has 3 heterocycles. The zero-order valence-electron chi connectivity index (χ0n) is 19.0. The van der Waals surface area contributed by atoms with Crippen molar-refractivity contribution in [2.45, 2.75) is 19.8 Å². The molecule has 5 rings (SSSR count). The second-order valence-electron chi connectivity index (χ2n) is 7.60. The molecule has 0 atom stereocenters. The van der Waals surface area contributed by atoms with Gasteiger partial charge in [-0.05, 0) is 65.5 Å². The second kappa shape index (κ2) is 9.96. The third-order valence-electron chi connectivity index (χ3n) is 5.44. The maximum Gasteiger partial charge on any atom is 0.413 e. The van der Waals surface area contributed by atoms with Gasteiger partial charge in [0.2, 0.25) is 0 Å². The number of amides is 1. The molecule has 1 aromatic carbocycles. The lowest BCUT2D eigenvalue weighted by Crippen LogP contribution is -2.10. The summed E-state index contributed by atoms with van der Waals surface area (Å²) in [6.45, 7) is 2.40. The maximum atomic E-state index is 11.8. The molecule has 0 radical (unpaired) electrons. The number of aromatic nitrogens is 4. The number of carbonyl (C=O) groups excluding carboxylic acids is 1. The van der Waals surface area contributed by atoms with E-state index in [0.29, 0.717) is 11.7 Å². The highest BCUT2D eigenvalue weighted by Gasteiger charge is 2.30. The quantitative estimate of drug-likeness (QED) is 0.251. The Labute approximate surface area is 213 Å². The van der Waals surface area contributed by atoms with Crippen LogP contribution in [0.4, 0.5) is 9.93 Å². The number of pyridine rings is 1. The number of oxime groups is 1. The Bertz CT molecular complexity index is 1420. The Morgan fingerprint density at radius 2 is 2.23 bits per heavy atom. The molecule has 9 nitrogen and oxygen atoms in total. The van der Waals surface area contributed by atoms with Crippen LogP contribution in [0.15, 0.2) is 52.4 Å². The molecule has 35 heavy (non-hydrogen) atoms. The van der Waals surface area contributed by atoms with E-state index in [-0.39, 0.29) is 0 Å². The van der Waals surface area contributed by atoms with Gasteiger partial charge in [0.1, 0.15) is 6.61 Å². The van der Waals surface area contributed by atoms with E-state index in [4.69, 9.17) is 14.7 Å². The largest absolute Gasteiger partial charge is 0.453 e. The van der Waals surface area contributed by atoms with Crippen molar-refractivity contribution in [1.82, 2.24) is 19.7 Å². The fraction of sp³-hybridized carbons (Fsp3) is 0.208. The molecule has 11 heteroatoms. The van der Waals surface area contributed by atoms with Crippen LogP contribution >= 0.6 is 27.3 Å². The van der Waals surface area contributed by atoms with Crippen molar-refractivity contribution in [1.29, 1.82) is 0 Å². The number of anilines is 1. The molecule has 0 bridgehead atoms. The third-order valence-corrected chi connectivity index (χ3v) is 7.10. The number of hydrogen-bond donors (Lipinski definition) is 1. The Morgan fingerprint density at radius 3 is 2.97 bits per heavy atom. The van der Waals surface area contributed by atoms with Gasteiger partial charge in [0.05, 0.1) is 41.0 Å². The number of methoxy groups -OCH3 is 1. The average molecular weight is 553 g/mol. The molecule has 178 valence electrons. The number of carbonyl (C=O) groups is 1. The van der Waals surface area contributed by atoms with E-state index in [1.165, 1.54) is 18.4 Å². The fourth-order valence-electron chi connectivity index (χ4n) is 3.92. The number of rotatable bonds is 6. The van der Waals surface area contributed by atoms with Crippen LogP contribution < -0.4 is 5.32 Å². The second-order valence-corrected chi connectivity index (χ2v) is 9.46. The van der Waals surface area contributed by atoms with Gasteiger partial charge >= 0.3 is 6.09 Å². The first kappa shape index (κ1) is 23.2. The van der Waals surface area contributed by atoms with E-state index >= 15 is 0 Å². The van der Waals surface area contributed by atoms with E-state index in [1.54, 1.807) is 12.4 Å². The van der Waals surface area contributed by atoms with Crippen molar-refractivity contribution >= 4 is 44.7 Å². The van der Waals surface area contributed by atoms with Crippen molar-refractivity contribution in [3.63, 3.8) is 0 Å².